The second-order valence-corrected chi connectivity index (χ2v) is 5.41. The van der Waals surface area contributed by atoms with Crippen molar-refractivity contribution in [2.24, 2.45) is 0 Å². The van der Waals surface area contributed by atoms with Crippen LogP contribution in [-0.2, 0) is 4.74 Å². The van der Waals surface area contributed by atoms with Crippen LogP contribution in [0.1, 0.15) is 34.1 Å². The van der Waals surface area contributed by atoms with E-state index in [1.54, 1.807) is 23.9 Å². The molecule has 0 heterocycles. The third-order valence-electron chi connectivity index (χ3n) is 2.98. The molecule has 0 aliphatic heterocycles. The molecule has 0 aromatic heterocycles. The Bertz CT molecular complexity index is 461. The number of hydrogen-bond acceptors (Lipinski definition) is 5. The summed E-state index contributed by atoms with van der Waals surface area (Å²) in [6, 6.07) is 5.69. The standard InChI is InChI=1S/C15H21NO4S/c1-3-20-10-16-13(8-9-21-2)14(17)11-4-6-12(7-5-11)15(18)19/h4-7,13,16H,3,8-10H2,1-2H3,(H,18,19)/t13-/m0/s1. The van der Waals surface area contributed by atoms with Gasteiger partial charge in [0, 0.05) is 12.2 Å². The van der Waals surface area contributed by atoms with Crippen molar-refractivity contribution in [3.8, 4) is 0 Å². The van der Waals surface area contributed by atoms with Gasteiger partial charge >= 0.3 is 5.97 Å². The molecule has 21 heavy (non-hydrogen) atoms. The topological polar surface area (TPSA) is 75.6 Å². The van der Waals surface area contributed by atoms with E-state index in [0.29, 0.717) is 25.3 Å². The first-order valence-electron chi connectivity index (χ1n) is 6.77. The minimum atomic E-state index is -0.998. The molecule has 0 fully saturated rings. The lowest BCUT2D eigenvalue weighted by atomic mass is 10.0. The number of ether oxygens (including phenoxy) is 1. The van der Waals surface area contributed by atoms with Gasteiger partial charge in [0.05, 0.1) is 18.3 Å². The molecule has 6 heteroatoms. The highest BCUT2D eigenvalue weighted by molar-refractivity contribution is 7.98. The molecule has 0 radical (unpaired) electrons. The Morgan fingerprint density at radius 2 is 1.90 bits per heavy atom. The van der Waals surface area contributed by atoms with Gasteiger partial charge in [0.1, 0.15) is 0 Å². The van der Waals surface area contributed by atoms with Crippen LogP contribution in [0.3, 0.4) is 0 Å². The SMILES string of the molecule is CCOCN[C@@H](CCSC)C(=O)c1ccc(C(=O)O)cc1. The van der Waals surface area contributed by atoms with Gasteiger partial charge in [-0.05, 0) is 37.5 Å². The minimum absolute atomic E-state index is 0.0410. The summed E-state index contributed by atoms with van der Waals surface area (Å²) in [7, 11) is 0. The van der Waals surface area contributed by atoms with E-state index in [1.807, 2.05) is 13.2 Å². The number of benzene rings is 1. The van der Waals surface area contributed by atoms with Crippen molar-refractivity contribution in [3.63, 3.8) is 0 Å². The number of ketones is 1. The predicted octanol–water partition coefficient (Wildman–Crippen LogP) is 2.27. The van der Waals surface area contributed by atoms with Crippen molar-refractivity contribution >= 4 is 23.5 Å². The smallest absolute Gasteiger partial charge is 0.335 e. The molecule has 5 nitrogen and oxygen atoms in total. The zero-order valence-electron chi connectivity index (χ0n) is 12.3. The molecule has 1 aromatic carbocycles. The number of hydrogen-bond donors (Lipinski definition) is 2. The van der Waals surface area contributed by atoms with E-state index >= 15 is 0 Å². The summed E-state index contributed by atoms with van der Waals surface area (Å²) in [5, 5.41) is 12.0. The van der Waals surface area contributed by atoms with Gasteiger partial charge in [0.2, 0.25) is 0 Å². The summed E-state index contributed by atoms with van der Waals surface area (Å²) in [4.78, 5) is 23.3. The molecular formula is C15H21NO4S. The Kier molecular flexibility index (Phi) is 8.04. The van der Waals surface area contributed by atoms with Crippen molar-refractivity contribution < 1.29 is 19.4 Å². The molecule has 0 unspecified atom stereocenters. The lowest BCUT2D eigenvalue weighted by Crippen LogP contribution is -2.38. The van der Waals surface area contributed by atoms with Crippen LogP contribution in [0.2, 0.25) is 0 Å². The molecule has 2 N–H and O–H groups in total. The number of rotatable bonds is 10. The minimum Gasteiger partial charge on any atom is -0.478 e. The van der Waals surface area contributed by atoms with Gasteiger partial charge in [-0.3, -0.25) is 10.1 Å². The molecule has 1 atom stereocenters. The van der Waals surface area contributed by atoms with Crippen LogP contribution < -0.4 is 5.32 Å². The Morgan fingerprint density at radius 1 is 1.29 bits per heavy atom. The lowest BCUT2D eigenvalue weighted by molar-refractivity contribution is 0.0696. The fraction of sp³-hybridized carbons (Fsp3) is 0.467. The number of aromatic carboxylic acids is 1. The first-order chi connectivity index (χ1) is 10.1. The van der Waals surface area contributed by atoms with Crippen molar-refractivity contribution in [2.75, 3.05) is 25.3 Å². The molecule has 0 aliphatic rings. The predicted molar refractivity (Wildman–Crippen MR) is 84.1 cm³/mol. The van der Waals surface area contributed by atoms with Crippen molar-refractivity contribution in [2.45, 2.75) is 19.4 Å². The third kappa shape index (κ3) is 5.87. The van der Waals surface area contributed by atoms with Gasteiger partial charge < -0.3 is 9.84 Å². The molecule has 1 aromatic rings. The second kappa shape index (κ2) is 9.55. The van der Waals surface area contributed by atoms with Crippen LogP contribution in [0.4, 0.5) is 0 Å². The number of nitrogens with one attached hydrogen (secondary N) is 1. The molecule has 0 bridgehead atoms. The average Bonchev–Trinajstić information content (AvgIpc) is 2.50. The summed E-state index contributed by atoms with van der Waals surface area (Å²) >= 11 is 1.68. The summed E-state index contributed by atoms with van der Waals surface area (Å²) in [6.07, 6.45) is 2.69. The summed E-state index contributed by atoms with van der Waals surface area (Å²) in [6.45, 7) is 2.81. The van der Waals surface area contributed by atoms with E-state index in [4.69, 9.17) is 9.84 Å². The molecule has 0 aliphatic carbocycles. The zero-order valence-corrected chi connectivity index (χ0v) is 13.1. The molecular weight excluding hydrogens is 290 g/mol. The van der Waals surface area contributed by atoms with E-state index in [1.165, 1.54) is 12.1 Å². The molecule has 0 saturated heterocycles. The highest BCUT2D eigenvalue weighted by Crippen LogP contribution is 2.11. The Balaban J connectivity index is 2.75. The summed E-state index contributed by atoms with van der Waals surface area (Å²) < 4.78 is 5.23. The van der Waals surface area contributed by atoms with Crippen LogP contribution in [0.15, 0.2) is 24.3 Å². The van der Waals surface area contributed by atoms with Gasteiger partial charge in [-0.25, -0.2) is 4.79 Å². The lowest BCUT2D eigenvalue weighted by Gasteiger charge is -2.17. The van der Waals surface area contributed by atoms with Gasteiger partial charge in [0.15, 0.2) is 5.78 Å². The molecule has 116 valence electrons. The van der Waals surface area contributed by atoms with E-state index in [2.05, 4.69) is 5.32 Å². The first kappa shape index (κ1) is 17.7. The van der Waals surface area contributed by atoms with Crippen molar-refractivity contribution in [3.05, 3.63) is 35.4 Å². The monoisotopic (exact) mass is 311 g/mol. The highest BCUT2D eigenvalue weighted by atomic mass is 32.2. The number of carbonyl (C=O) groups excluding carboxylic acids is 1. The highest BCUT2D eigenvalue weighted by Gasteiger charge is 2.19. The third-order valence-corrected chi connectivity index (χ3v) is 3.62. The zero-order chi connectivity index (χ0) is 15.7. The van der Waals surface area contributed by atoms with Gasteiger partial charge in [-0.2, -0.15) is 11.8 Å². The Hall–Kier alpha value is -1.37. The van der Waals surface area contributed by atoms with Crippen LogP contribution in [0.5, 0.6) is 0 Å². The summed E-state index contributed by atoms with van der Waals surface area (Å²) in [5.41, 5.74) is 0.685. The fourth-order valence-electron chi connectivity index (χ4n) is 1.80. The van der Waals surface area contributed by atoms with Gasteiger partial charge in [-0.15, -0.1) is 0 Å². The van der Waals surface area contributed by atoms with E-state index in [-0.39, 0.29) is 17.4 Å². The van der Waals surface area contributed by atoms with Crippen molar-refractivity contribution in [1.82, 2.24) is 5.32 Å². The van der Waals surface area contributed by atoms with E-state index in [9.17, 15) is 9.59 Å². The van der Waals surface area contributed by atoms with E-state index < -0.39 is 5.97 Å². The number of Topliss-reactive ketones (excluding diaryl/α,β-unsaturated/α-hetero) is 1. The Morgan fingerprint density at radius 3 is 2.43 bits per heavy atom. The number of carboxylic acids is 1. The van der Waals surface area contributed by atoms with Crippen LogP contribution in [-0.4, -0.2) is 48.2 Å². The number of carboxylic acid groups (broad SMARTS) is 1. The molecule has 0 spiro atoms. The Labute approximate surface area is 129 Å². The van der Waals surface area contributed by atoms with Gasteiger partial charge in [0.25, 0.3) is 0 Å². The summed E-state index contributed by atoms with van der Waals surface area (Å²) in [5.74, 6) is -0.175. The molecule has 0 saturated carbocycles. The first-order valence-corrected chi connectivity index (χ1v) is 8.17. The maximum atomic E-state index is 12.5. The molecule has 0 amide bonds. The largest absolute Gasteiger partial charge is 0.478 e. The average molecular weight is 311 g/mol. The van der Waals surface area contributed by atoms with Crippen LogP contribution in [0.25, 0.3) is 0 Å². The quantitative estimate of drug-likeness (QED) is 0.392. The van der Waals surface area contributed by atoms with E-state index in [0.717, 1.165) is 5.75 Å². The van der Waals surface area contributed by atoms with Gasteiger partial charge in [-0.1, -0.05) is 12.1 Å². The fourth-order valence-corrected chi connectivity index (χ4v) is 2.27. The normalized spacial score (nSPS) is 12.1. The second-order valence-electron chi connectivity index (χ2n) is 4.42. The van der Waals surface area contributed by atoms with Crippen LogP contribution in [0, 0.1) is 0 Å². The van der Waals surface area contributed by atoms with Crippen molar-refractivity contribution in [1.29, 1.82) is 0 Å². The number of thioether (sulfide) groups is 1. The number of carbonyl (C=O) groups is 2. The maximum absolute atomic E-state index is 12.5. The maximum Gasteiger partial charge on any atom is 0.335 e. The molecule has 1 rings (SSSR count). The van der Waals surface area contributed by atoms with Crippen LogP contribution >= 0.6 is 11.8 Å².